The van der Waals surface area contributed by atoms with Gasteiger partial charge >= 0.3 is 0 Å². The normalized spacial score (nSPS) is 22.7. The molecule has 0 spiro atoms. The second kappa shape index (κ2) is 4.88. The standard InChI is InChI=1S/C15H14O4/c16-11-5-6-13(17)12(7-11)15-9-18-8-10-3-1-2-4-14(10)19-15/h1-4,9,12H,5-8H2. The summed E-state index contributed by atoms with van der Waals surface area (Å²) in [6.45, 7) is 0.411. The van der Waals surface area contributed by atoms with Gasteiger partial charge in [-0.3, -0.25) is 9.59 Å². The van der Waals surface area contributed by atoms with Gasteiger partial charge in [-0.15, -0.1) is 0 Å². The zero-order valence-electron chi connectivity index (χ0n) is 10.4. The fourth-order valence-electron chi connectivity index (χ4n) is 2.38. The first-order valence-corrected chi connectivity index (χ1v) is 6.36. The molecule has 1 fully saturated rings. The molecule has 1 aliphatic heterocycles. The number of ether oxygens (including phenoxy) is 2. The number of carbonyl (C=O) groups excluding carboxylic acids is 2. The maximum Gasteiger partial charge on any atom is 0.149 e. The highest BCUT2D eigenvalue weighted by Crippen LogP contribution is 2.31. The van der Waals surface area contributed by atoms with Gasteiger partial charge in [-0.2, -0.15) is 0 Å². The van der Waals surface area contributed by atoms with E-state index in [0.717, 1.165) is 5.56 Å². The predicted molar refractivity (Wildman–Crippen MR) is 67.3 cm³/mol. The monoisotopic (exact) mass is 258 g/mol. The third-order valence-electron chi connectivity index (χ3n) is 3.45. The molecule has 4 heteroatoms. The highest BCUT2D eigenvalue weighted by molar-refractivity contribution is 5.96. The van der Waals surface area contributed by atoms with Crippen molar-refractivity contribution < 1.29 is 19.1 Å². The van der Waals surface area contributed by atoms with Crippen molar-refractivity contribution in [3.8, 4) is 5.75 Å². The molecule has 1 aromatic rings. The van der Waals surface area contributed by atoms with Crippen molar-refractivity contribution in [3.05, 3.63) is 41.9 Å². The van der Waals surface area contributed by atoms with Crippen LogP contribution >= 0.6 is 0 Å². The smallest absolute Gasteiger partial charge is 0.149 e. The van der Waals surface area contributed by atoms with Crippen molar-refractivity contribution in [1.82, 2.24) is 0 Å². The Kier molecular flexibility index (Phi) is 3.07. The second-order valence-electron chi connectivity index (χ2n) is 4.80. The first-order chi connectivity index (χ1) is 9.24. The third kappa shape index (κ3) is 2.38. The van der Waals surface area contributed by atoms with E-state index in [1.165, 1.54) is 6.26 Å². The number of carbonyl (C=O) groups is 2. The number of hydrogen-bond donors (Lipinski definition) is 0. The van der Waals surface area contributed by atoms with E-state index in [1.807, 2.05) is 24.3 Å². The van der Waals surface area contributed by atoms with Crippen molar-refractivity contribution in [2.75, 3.05) is 0 Å². The number of ketones is 2. The summed E-state index contributed by atoms with van der Waals surface area (Å²) in [4.78, 5) is 23.5. The average molecular weight is 258 g/mol. The fraction of sp³-hybridized carbons (Fsp3) is 0.333. The first kappa shape index (κ1) is 12.0. The minimum absolute atomic E-state index is 0.0498. The lowest BCUT2D eigenvalue weighted by atomic mass is 9.86. The molecule has 0 saturated heterocycles. The molecular weight excluding hydrogens is 244 g/mol. The van der Waals surface area contributed by atoms with Crippen LogP contribution in [0, 0.1) is 5.92 Å². The molecule has 1 aliphatic carbocycles. The predicted octanol–water partition coefficient (Wildman–Crippen LogP) is 2.38. The van der Waals surface area contributed by atoms with Gasteiger partial charge in [0.15, 0.2) is 0 Å². The van der Waals surface area contributed by atoms with Crippen LogP contribution in [-0.4, -0.2) is 11.6 Å². The molecule has 4 nitrogen and oxygen atoms in total. The maximum atomic E-state index is 11.9. The number of hydrogen-bond acceptors (Lipinski definition) is 4. The SMILES string of the molecule is O=C1CCC(=O)C(C2=COCc3ccccc3O2)C1. The highest BCUT2D eigenvalue weighted by atomic mass is 16.5. The largest absolute Gasteiger partial charge is 0.493 e. The molecule has 0 bridgehead atoms. The van der Waals surface area contributed by atoms with Gasteiger partial charge in [0, 0.05) is 24.8 Å². The summed E-state index contributed by atoms with van der Waals surface area (Å²) in [5, 5.41) is 0. The molecule has 0 amide bonds. The number of Topliss-reactive ketones (excluding diaryl/α,β-unsaturated/α-hetero) is 2. The highest BCUT2D eigenvalue weighted by Gasteiger charge is 2.33. The van der Waals surface area contributed by atoms with Gasteiger partial charge in [0.05, 0.1) is 5.92 Å². The molecular formula is C15H14O4. The Bertz CT molecular complexity index is 559. The maximum absolute atomic E-state index is 11.9. The second-order valence-corrected chi connectivity index (χ2v) is 4.80. The molecule has 19 heavy (non-hydrogen) atoms. The number of rotatable bonds is 1. The molecule has 1 heterocycles. The number of benzene rings is 1. The molecule has 1 aromatic carbocycles. The van der Waals surface area contributed by atoms with Crippen molar-refractivity contribution in [1.29, 1.82) is 0 Å². The van der Waals surface area contributed by atoms with Crippen LogP contribution in [0.3, 0.4) is 0 Å². The van der Waals surface area contributed by atoms with Gasteiger partial charge in [-0.1, -0.05) is 18.2 Å². The van der Waals surface area contributed by atoms with E-state index in [4.69, 9.17) is 9.47 Å². The number of para-hydroxylation sites is 1. The Labute approximate surface area is 111 Å². The van der Waals surface area contributed by atoms with Crippen LogP contribution in [0.4, 0.5) is 0 Å². The topological polar surface area (TPSA) is 52.6 Å². The van der Waals surface area contributed by atoms with Crippen LogP contribution in [0.1, 0.15) is 24.8 Å². The lowest BCUT2D eigenvalue weighted by Crippen LogP contribution is -2.28. The summed E-state index contributed by atoms with van der Waals surface area (Å²) in [5.41, 5.74) is 0.934. The molecule has 3 rings (SSSR count). The molecule has 2 aliphatic rings. The zero-order valence-corrected chi connectivity index (χ0v) is 10.4. The van der Waals surface area contributed by atoms with Crippen LogP contribution in [0.5, 0.6) is 5.75 Å². The van der Waals surface area contributed by atoms with Crippen molar-refractivity contribution in [2.45, 2.75) is 25.9 Å². The van der Waals surface area contributed by atoms with Crippen molar-refractivity contribution in [2.24, 2.45) is 5.92 Å². The van der Waals surface area contributed by atoms with Gasteiger partial charge in [0.1, 0.15) is 35.9 Å². The van der Waals surface area contributed by atoms with Gasteiger partial charge in [0.2, 0.25) is 0 Å². The van der Waals surface area contributed by atoms with E-state index in [9.17, 15) is 9.59 Å². The van der Waals surface area contributed by atoms with E-state index < -0.39 is 5.92 Å². The summed E-state index contributed by atoms with van der Waals surface area (Å²) >= 11 is 0. The van der Waals surface area contributed by atoms with Gasteiger partial charge < -0.3 is 9.47 Å². The van der Waals surface area contributed by atoms with Gasteiger partial charge in [0.25, 0.3) is 0 Å². The summed E-state index contributed by atoms with van der Waals surface area (Å²) in [6, 6.07) is 7.54. The Morgan fingerprint density at radius 2 is 1.95 bits per heavy atom. The van der Waals surface area contributed by atoms with E-state index in [2.05, 4.69) is 0 Å². The summed E-state index contributed by atoms with van der Waals surface area (Å²) in [6.07, 6.45) is 2.34. The Morgan fingerprint density at radius 3 is 2.84 bits per heavy atom. The number of allylic oxidation sites excluding steroid dienone is 1. The van der Waals surface area contributed by atoms with Gasteiger partial charge in [-0.25, -0.2) is 0 Å². The molecule has 1 unspecified atom stereocenters. The lowest BCUT2D eigenvalue weighted by molar-refractivity contribution is -0.132. The average Bonchev–Trinajstić information content (AvgIpc) is 2.63. The summed E-state index contributed by atoms with van der Waals surface area (Å²) < 4.78 is 11.2. The van der Waals surface area contributed by atoms with Crippen LogP contribution in [0.2, 0.25) is 0 Å². The minimum atomic E-state index is -0.493. The van der Waals surface area contributed by atoms with Crippen LogP contribution in [-0.2, 0) is 20.9 Å². The molecule has 1 saturated carbocycles. The van der Waals surface area contributed by atoms with E-state index >= 15 is 0 Å². The third-order valence-corrected chi connectivity index (χ3v) is 3.45. The molecule has 98 valence electrons. The Morgan fingerprint density at radius 1 is 1.11 bits per heavy atom. The molecule has 1 atom stereocenters. The summed E-state index contributed by atoms with van der Waals surface area (Å²) in [7, 11) is 0. The number of fused-ring (bicyclic) bond motifs is 1. The van der Waals surface area contributed by atoms with E-state index in [-0.39, 0.29) is 18.0 Å². The van der Waals surface area contributed by atoms with Crippen LogP contribution < -0.4 is 4.74 Å². The van der Waals surface area contributed by atoms with E-state index in [0.29, 0.717) is 31.0 Å². The van der Waals surface area contributed by atoms with Crippen molar-refractivity contribution in [3.63, 3.8) is 0 Å². The Balaban J connectivity index is 1.87. The molecule has 0 N–H and O–H groups in total. The fourth-order valence-corrected chi connectivity index (χ4v) is 2.38. The quantitative estimate of drug-likeness (QED) is 0.776. The van der Waals surface area contributed by atoms with Gasteiger partial charge in [-0.05, 0) is 6.07 Å². The van der Waals surface area contributed by atoms with Crippen molar-refractivity contribution >= 4 is 11.6 Å². The van der Waals surface area contributed by atoms with Crippen LogP contribution in [0.25, 0.3) is 0 Å². The zero-order chi connectivity index (χ0) is 13.2. The minimum Gasteiger partial charge on any atom is -0.493 e. The Hall–Kier alpha value is -2.10. The first-order valence-electron chi connectivity index (χ1n) is 6.36. The van der Waals surface area contributed by atoms with Crippen LogP contribution in [0.15, 0.2) is 36.3 Å². The van der Waals surface area contributed by atoms with E-state index in [1.54, 1.807) is 0 Å². The summed E-state index contributed by atoms with van der Waals surface area (Å²) in [5.74, 6) is 0.799. The lowest BCUT2D eigenvalue weighted by Gasteiger charge is -2.21. The molecule has 0 radical (unpaired) electrons. The molecule has 0 aromatic heterocycles.